The summed E-state index contributed by atoms with van der Waals surface area (Å²) < 4.78 is 1.95. The van der Waals surface area contributed by atoms with Gasteiger partial charge < -0.3 is 4.90 Å². The molecule has 4 nitrogen and oxygen atoms in total. The number of benzene rings is 1. The molecule has 1 saturated heterocycles. The van der Waals surface area contributed by atoms with Crippen LogP contribution in [-0.2, 0) is 11.3 Å². The van der Waals surface area contributed by atoms with Crippen molar-refractivity contribution < 1.29 is 4.79 Å². The van der Waals surface area contributed by atoms with Gasteiger partial charge in [-0.05, 0) is 37.3 Å². The predicted molar refractivity (Wildman–Crippen MR) is 88.6 cm³/mol. The van der Waals surface area contributed by atoms with Gasteiger partial charge in [0.2, 0.25) is 5.91 Å². The maximum atomic E-state index is 12.5. The number of fused-ring (bicyclic) bond motifs is 1. The van der Waals surface area contributed by atoms with Crippen LogP contribution in [0.15, 0.2) is 24.4 Å². The zero-order chi connectivity index (χ0) is 15.7. The summed E-state index contributed by atoms with van der Waals surface area (Å²) in [6.45, 7) is 9.02. The first-order chi connectivity index (χ1) is 10.5. The van der Waals surface area contributed by atoms with Gasteiger partial charge in [0.25, 0.3) is 0 Å². The standard InChI is InChI=1S/C18H25N3O/c1-13-4-5-17-16(9-13)10-19-21(17)7-6-18(22)20-11-14(2)8-15(3)12-20/h4-5,9-10,14-15H,6-8,11-12H2,1-3H3/t14-,15-/m0/s1. The maximum absolute atomic E-state index is 12.5. The molecular weight excluding hydrogens is 274 g/mol. The van der Waals surface area contributed by atoms with Crippen molar-refractivity contribution >= 4 is 16.8 Å². The monoisotopic (exact) mass is 299 g/mol. The molecule has 4 heteroatoms. The number of likely N-dealkylation sites (tertiary alicyclic amines) is 1. The Morgan fingerprint density at radius 3 is 2.73 bits per heavy atom. The van der Waals surface area contributed by atoms with Crippen LogP contribution in [0.5, 0.6) is 0 Å². The Morgan fingerprint density at radius 1 is 1.27 bits per heavy atom. The summed E-state index contributed by atoms with van der Waals surface area (Å²) in [5.41, 5.74) is 2.35. The summed E-state index contributed by atoms with van der Waals surface area (Å²) in [6.07, 6.45) is 3.65. The quantitative estimate of drug-likeness (QED) is 0.872. The normalized spacial score (nSPS) is 22.2. The van der Waals surface area contributed by atoms with E-state index in [1.807, 2.05) is 15.8 Å². The second-order valence-electron chi connectivity index (χ2n) is 6.92. The minimum atomic E-state index is 0.258. The van der Waals surface area contributed by atoms with Gasteiger partial charge in [0.05, 0.1) is 18.3 Å². The predicted octanol–water partition coefficient (Wildman–Crippen LogP) is 3.24. The van der Waals surface area contributed by atoms with E-state index in [4.69, 9.17) is 0 Å². The molecular formula is C18H25N3O. The van der Waals surface area contributed by atoms with Crippen molar-refractivity contribution in [3.63, 3.8) is 0 Å². The highest BCUT2D eigenvalue weighted by Gasteiger charge is 2.25. The van der Waals surface area contributed by atoms with Gasteiger partial charge in [-0.15, -0.1) is 0 Å². The first-order valence-corrected chi connectivity index (χ1v) is 8.23. The summed E-state index contributed by atoms with van der Waals surface area (Å²) in [4.78, 5) is 14.5. The van der Waals surface area contributed by atoms with Crippen LogP contribution in [0.2, 0.25) is 0 Å². The van der Waals surface area contributed by atoms with Gasteiger partial charge in [-0.1, -0.05) is 25.5 Å². The van der Waals surface area contributed by atoms with E-state index in [2.05, 4.69) is 44.1 Å². The van der Waals surface area contributed by atoms with Crippen LogP contribution in [0.4, 0.5) is 0 Å². The average molecular weight is 299 g/mol. The lowest BCUT2D eigenvalue weighted by Gasteiger charge is -2.35. The Balaban J connectivity index is 1.65. The van der Waals surface area contributed by atoms with Gasteiger partial charge in [0.1, 0.15) is 0 Å². The molecule has 2 heterocycles. The highest BCUT2D eigenvalue weighted by molar-refractivity contribution is 5.80. The minimum absolute atomic E-state index is 0.258. The summed E-state index contributed by atoms with van der Waals surface area (Å²) in [6, 6.07) is 6.32. The second-order valence-corrected chi connectivity index (χ2v) is 6.92. The average Bonchev–Trinajstić information content (AvgIpc) is 2.85. The molecule has 2 aromatic rings. The zero-order valence-electron chi connectivity index (χ0n) is 13.7. The summed E-state index contributed by atoms with van der Waals surface area (Å²) in [7, 11) is 0. The van der Waals surface area contributed by atoms with Gasteiger partial charge in [-0.25, -0.2) is 0 Å². The van der Waals surface area contributed by atoms with Crippen molar-refractivity contribution in [2.24, 2.45) is 11.8 Å². The lowest BCUT2D eigenvalue weighted by Crippen LogP contribution is -2.42. The van der Waals surface area contributed by atoms with Gasteiger partial charge in [0, 0.05) is 24.9 Å². The van der Waals surface area contributed by atoms with E-state index in [0.717, 1.165) is 24.0 Å². The Hall–Kier alpha value is -1.84. The number of hydrogen-bond donors (Lipinski definition) is 0. The Kier molecular flexibility index (Phi) is 4.19. The Bertz CT molecular complexity index is 666. The molecule has 3 rings (SSSR count). The van der Waals surface area contributed by atoms with Gasteiger partial charge >= 0.3 is 0 Å². The molecule has 2 atom stereocenters. The van der Waals surface area contributed by atoms with Gasteiger partial charge in [0.15, 0.2) is 0 Å². The number of aromatic nitrogens is 2. The molecule has 22 heavy (non-hydrogen) atoms. The van der Waals surface area contributed by atoms with Crippen LogP contribution in [0.3, 0.4) is 0 Å². The third-order valence-electron chi connectivity index (χ3n) is 4.56. The Morgan fingerprint density at radius 2 is 2.00 bits per heavy atom. The first kappa shape index (κ1) is 15.1. The third kappa shape index (κ3) is 3.16. The molecule has 1 aromatic heterocycles. The second kappa shape index (κ2) is 6.11. The summed E-state index contributed by atoms with van der Waals surface area (Å²) >= 11 is 0. The van der Waals surface area contributed by atoms with Crippen molar-refractivity contribution in [3.05, 3.63) is 30.0 Å². The van der Waals surface area contributed by atoms with Crippen molar-refractivity contribution in [1.29, 1.82) is 0 Å². The lowest BCUT2D eigenvalue weighted by molar-refractivity contribution is -0.134. The van der Waals surface area contributed by atoms with Crippen LogP contribution >= 0.6 is 0 Å². The van der Waals surface area contributed by atoms with Gasteiger partial charge in [-0.3, -0.25) is 9.48 Å². The van der Waals surface area contributed by atoms with Crippen molar-refractivity contribution in [2.75, 3.05) is 13.1 Å². The van der Waals surface area contributed by atoms with E-state index in [0.29, 0.717) is 24.8 Å². The highest BCUT2D eigenvalue weighted by Crippen LogP contribution is 2.22. The number of aryl methyl sites for hydroxylation is 2. The topological polar surface area (TPSA) is 38.1 Å². The largest absolute Gasteiger partial charge is 0.342 e. The molecule has 0 aliphatic carbocycles. The lowest BCUT2D eigenvalue weighted by atomic mass is 9.92. The van der Waals surface area contributed by atoms with E-state index in [9.17, 15) is 4.79 Å². The van der Waals surface area contributed by atoms with E-state index in [1.54, 1.807) is 0 Å². The fourth-order valence-corrected chi connectivity index (χ4v) is 3.61. The highest BCUT2D eigenvalue weighted by atomic mass is 16.2. The van der Waals surface area contributed by atoms with E-state index >= 15 is 0 Å². The number of rotatable bonds is 3. The van der Waals surface area contributed by atoms with Gasteiger partial charge in [-0.2, -0.15) is 5.10 Å². The summed E-state index contributed by atoms with van der Waals surface area (Å²) in [5, 5.41) is 5.58. The molecule has 0 unspecified atom stereocenters. The zero-order valence-corrected chi connectivity index (χ0v) is 13.7. The van der Waals surface area contributed by atoms with Crippen molar-refractivity contribution in [2.45, 2.75) is 40.2 Å². The molecule has 1 aliphatic rings. The first-order valence-electron chi connectivity index (χ1n) is 8.23. The number of amides is 1. The SMILES string of the molecule is Cc1ccc2c(cnn2CCC(=O)N2C[C@@H](C)C[C@H](C)C2)c1. The fraction of sp³-hybridized carbons (Fsp3) is 0.556. The maximum Gasteiger partial charge on any atom is 0.224 e. The summed E-state index contributed by atoms with van der Waals surface area (Å²) in [5.74, 6) is 1.48. The van der Waals surface area contributed by atoms with Crippen molar-refractivity contribution in [3.8, 4) is 0 Å². The van der Waals surface area contributed by atoms with E-state index in [1.165, 1.54) is 12.0 Å². The molecule has 1 aromatic carbocycles. The number of carbonyl (C=O) groups excluding carboxylic acids is 1. The molecule has 0 radical (unpaired) electrons. The number of carbonyl (C=O) groups is 1. The number of nitrogens with zero attached hydrogens (tertiary/aromatic N) is 3. The molecule has 0 saturated carbocycles. The van der Waals surface area contributed by atoms with Crippen LogP contribution in [-0.4, -0.2) is 33.7 Å². The third-order valence-corrected chi connectivity index (χ3v) is 4.56. The van der Waals surface area contributed by atoms with E-state index in [-0.39, 0.29) is 5.91 Å². The molecule has 1 aliphatic heterocycles. The molecule has 1 fully saturated rings. The molecule has 0 spiro atoms. The van der Waals surface area contributed by atoms with Crippen molar-refractivity contribution in [1.82, 2.24) is 14.7 Å². The molecule has 0 N–H and O–H groups in total. The number of piperidine rings is 1. The van der Waals surface area contributed by atoms with E-state index < -0.39 is 0 Å². The van der Waals surface area contributed by atoms with Crippen LogP contribution in [0.25, 0.3) is 10.9 Å². The minimum Gasteiger partial charge on any atom is -0.342 e. The molecule has 118 valence electrons. The van der Waals surface area contributed by atoms with Crippen LogP contribution < -0.4 is 0 Å². The van der Waals surface area contributed by atoms with Crippen LogP contribution in [0.1, 0.15) is 32.3 Å². The Labute approximate surface area is 132 Å². The van der Waals surface area contributed by atoms with Crippen LogP contribution in [0, 0.1) is 18.8 Å². The molecule has 0 bridgehead atoms. The smallest absolute Gasteiger partial charge is 0.224 e. The molecule has 1 amide bonds. The fourth-order valence-electron chi connectivity index (χ4n) is 3.61. The number of hydrogen-bond acceptors (Lipinski definition) is 2.